The van der Waals surface area contributed by atoms with Crippen molar-refractivity contribution < 1.29 is 27.1 Å². The van der Waals surface area contributed by atoms with Crippen molar-refractivity contribution in [3.05, 3.63) is 35.1 Å². The van der Waals surface area contributed by atoms with Crippen LogP contribution in [0.1, 0.15) is 35.7 Å². The molecule has 21 heavy (non-hydrogen) atoms. The summed E-state index contributed by atoms with van der Waals surface area (Å²) in [6, 6.07) is 2.21. The smallest absolute Gasteiger partial charge is 0.379 e. The van der Waals surface area contributed by atoms with E-state index in [-0.39, 0.29) is 5.56 Å². The molecule has 1 aromatic carbocycles. The molecular formula is C14H15F4NO2. The van der Waals surface area contributed by atoms with Crippen LogP contribution in [0.25, 0.3) is 0 Å². The molecule has 2 rings (SSSR count). The molecule has 1 aliphatic rings. The summed E-state index contributed by atoms with van der Waals surface area (Å²) in [6.07, 6.45) is -3.40. The van der Waals surface area contributed by atoms with Crippen LogP contribution in [-0.4, -0.2) is 24.7 Å². The molecule has 1 aliphatic heterocycles. The molecule has 1 atom stereocenters. The Morgan fingerprint density at radius 3 is 2.67 bits per heavy atom. The number of rotatable bonds is 2. The van der Waals surface area contributed by atoms with Crippen LogP contribution in [0.5, 0.6) is 0 Å². The van der Waals surface area contributed by atoms with Gasteiger partial charge in [0.1, 0.15) is 5.82 Å². The number of hydrogen-bond acceptors (Lipinski definition) is 2. The van der Waals surface area contributed by atoms with E-state index in [1.54, 1.807) is 6.92 Å². The van der Waals surface area contributed by atoms with Crippen molar-refractivity contribution in [3.63, 3.8) is 0 Å². The Balaban J connectivity index is 2.20. The Kier molecular flexibility index (Phi) is 4.22. The van der Waals surface area contributed by atoms with Gasteiger partial charge in [-0.05, 0) is 38.0 Å². The van der Waals surface area contributed by atoms with E-state index >= 15 is 0 Å². The third-order valence-electron chi connectivity index (χ3n) is 3.39. The summed E-state index contributed by atoms with van der Waals surface area (Å²) in [5.74, 6) is -2.07. The standard InChI is InChI=1S/C14H15F4NO2/c1-13(5-2-6-21-8-13)19-12(20)9-3-4-11(15)10(7-9)14(16,17)18/h3-4,7H,2,5-6,8H2,1H3,(H,19,20). The van der Waals surface area contributed by atoms with E-state index < -0.39 is 29.0 Å². The van der Waals surface area contributed by atoms with Crippen LogP contribution < -0.4 is 5.32 Å². The van der Waals surface area contributed by atoms with Gasteiger partial charge in [-0.3, -0.25) is 4.79 Å². The summed E-state index contributed by atoms with van der Waals surface area (Å²) in [5, 5.41) is 2.66. The Morgan fingerprint density at radius 1 is 1.38 bits per heavy atom. The monoisotopic (exact) mass is 305 g/mol. The first-order valence-electron chi connectivity index (χ1n) is 6.48. The highest BCUT2D eigenvalue weighted by Gasteiger charge is 2.35. The number of hydrogen-bond donors (Lipinski definition) is 1. The van der Waals surface area contributed by atoms with Gasteiger partial charge in [-0.2, -0.15) is 13.2 Å². The summed E-state index contributed by atoms with van der Waals surface area (Å²) >= 11 is 0. The molecule has 0 radical (unpaired) electrons. The third kappa shape index (κ3) is 3.72. The van der Waals surface area contributed by atoms with Gasteiger partial charge in [-0.1, -0.05) is 0 Å². The maximum absolute atomic E-state index is 13.2. The van der Waals surface area contributed by atoms with Gasteiger partial charge in [0.05, 0.1) is 17.7 Å². The zero-order valence-corrected chi connectivity index (χ0v) is 11.4. The molecule has 0 spiro atoms. The Hall–Kier alpha value is -1.63. The second-order valence-electron chi connectivity index (χ2n) is 5.36. The molecule has 1 amide bonds. The fourth-order valence-electron chi connectivity index (χ4n) is 2.26. The molecule has 116 valence electrons. The Labute approximate surface area is 119 Å². The molecule has 7 heteroatoms. The molecular weight excluding hydrogens is 290 g/mol. The third-order valence-corrected chi connectivity index (χ3v) is 3.39. The van der Waals surface area contributed by atoms with Gasteiger partial charge in [-0.15, -0.1) is 0 Å². The second-order valence-corrected chi connectivity index (χ2v) is 5.36. The predicted octanol–water partition coefficient (Wildman–Crippen LogP) is 3.14. The quantitative estimate of drug-likeness (QED) is 0.853. The maximum atomic E-state index is 13.2. The largest absolute Gasteiger partial charge is 0.419 e. The SMILES string of the molecule is CC1(NC(=O)c2ccc(F)c(C(F)(F)F)c2)CCCOC1. The highest BCUT2D eigenvalue weighted by atomic mass is 19.4. The summed E-state index contributed by atoms with van der Waals surface area (Å²) in [5.41, 5.74) is -2.29. The molecule has 0 bridgehead atoms. The molecule has 0 saturated carbocycles. The number of amides is 1. The van der Waals surface area contributed by atoms with E-state index in [9.17, 15) is 22.4 Å². The van der Waals surface area contributed by atoms with Crippen molar-refractivity contribution in [1.82, 2.24) is 5.32 Å². The van der Waals surface area contributed by atoms with Gasteiger partial charge in [0, 0.05) is 12.2 Å². The molecule has 1 saturated heterocycles. The first-order valence-corrected chi connectivity index (χ1v) is 6.48. The molecule has 1 N–H and O–H groups in total. The van der Waals surface area contributed by atoms with Crippen molar-refractivity contribution in [1.29, 1.82) is 0 Å². The van der Waals surface area contributed by atoms with Gasteiger partial charge in [0.25, 0.3) is 5.91 Å². The average molecular weight is 305 g/mol. The van der Waals surface area contributed by atoms with Crippen LogP contribution >= 0.6 is 0 Å². The van der Waals surface area contributed by atoms with Crippen LogP contribution in [-0.2, 0) is 10.9 Å². The lowest BCUT2D eigenvalue weighted by molar-refractivity contribution is -0.140. The van der Waals surface area contributed by atoms with Crippen molar-refractivity contribution in [3.8, 4) is 0 Å². The fraction of sp³-hybridized carbons (Fsp3) is 0.500. The summed E-state index contributed by atoms with van der Waals surface area (Å²) in [7, 11) is 0. The normalized spacial score (nSPS) is 22.9. The zero-order valence-electron chi connectivity index (χ0n) is 11.4. The Morgan fingerprint density at radius 2 is 2.10 bits per heavy atom. The molecule has 0 aliphatic carbocycles. The van der Waals surface area contributed by atoms with Gasteiger partial charge < -0.3 is 10.1 Å². The van der Waals surface area contributed by atoms with Crippen molar-refractivity contribution in [2.24, 2.45) is 0 Å². The summed E-state index contributed by atoms with van der Waals surface area (Å²) in [4.78, 5) is 12.1. The highest BCUT2D eigenvalue weighted by Crippen LogP contribution is 2.32. The number of benzene rings is 1. The fourth-order valence-corrected chi connectivity index (χ4v) is 2.26. The van der Waals surface area contributed by atoms with Crippen molar-refractivity contribution in [2.45, 2.75) is 31.5 Å². The second kappa shape index (κ2) is 5.63. The first kappa shape index (κ1) is 15.8. The first-order chi connectivity index (χ1) is 9.71. The minimum atomic E-state index is -4.84. The summed E-state index contributed by atoms with van der Waals surface area (Å²) in [6.45, 7) is 2.66. The summed E-state index contributed by atoms with van der Waals surface area (Å²) < 4.78 is 56.4. The van der Waals surface area contributed by atoms with E-state index in [4.69, 9.17) is 4.74 Å². The highest BCUT2D eigenvalue weighted by molar-refractivity contribution is 5.94. The van der Waals surface area contributed by atoms with E-state index in [2.05, 4.69) is 5.32 Å². The number of alkyl halides is 3. The van der Waals surface area contributed by atoms with Gasteiger partial charge in [0.2, 0.25) is 0 Å². The van der Waals surface area contributed by atoms with Crippen LogP contribution in [0.3, 0.4) is 0 Å². The van der Waals surface area contributed by atoms with Gasteiger partial charge in [-0.25, -0.2) is 4.39 Å². The van der Waals surface area contributed by atoms with E-state index in [0.29, 0.717) is 31.8 Å². The average Bonchev–Trinajstić information content (AvgIpc) is 2.38. The van der Waals surface area contributed by atoms with Crippen molar-refractivity contribution in [2.75, 3.05) is 13.2 Å². The number of carbonyl (C=O) groups is 1. The zero-order chi connectivity index (χ0) is 15.7. The number of carbonyl (C=O) groups excluding carboxylic acids is 1. The lowest BCUT2D eigenvalue weighted by Gasteiger charge is -2.34. The van der Waals surface area contributed by atoms with Crippen molar-refractivity contribution >= 4 is 5.91 Å². The molecule has 1 aromatic rings. The van der Waals surface area contributed by atoms with E-state index in [0.717, 1.165) is 12.5 Å². The van der Waals surface area contributed by atoms with Crippen LogP contribution in [0, 0.1) is 5.82 Å². The number of halogens is 4. The molecule has 1 fully saturated rings. The molecule has 1 heterocycles. The van der Waals surface area contributed by atoms with Gasteiger partial charge >= 0.3 is 6.18 Å². The number of nitrogens with one attached hydrogen (secondary N) is 1. The number of ether oxygens (including phenoxy) is 1. The lowest BCUT2D eigenvalue weighted by Crippen LogP contribution is -2.51. The minimum absolute atomic E-state index is 0.226. The van der Waals surface area contributed by atoms with Gasteiger partial charge in [0.15, 0.2) is 0 Å². The van der Waals surface area contributed by atoms with E-state index in [1.165, 1.54) is 0 Å². The maximum Gasteiger partial charge on any atom is 0.419 e. The van der Waals surface area contributed by atoms with Crippen LogP contribution in [0.2, 0.25) is 0 Å². The molecule has 0 aromatic heterocycles. The predicted molar refractivity (Wildman–Crippen MR) is 67.3 cm³/mol. The minimum Gasteiger partial charge on any atom is -0.379 e. The van der Waals surface area contributed by atoms with E-state index in [1.807, 2.05) is 0 Å². The lowest BCUT2D eigenvalue weighted by atomic mass is 9.94. The van der Waals surface area contributed by atoms with Crippen LogP contribution in [0.4, 0.5) is 17.6 Å². The molecule has 3 nitrogen and oxygen atoms in total. The van der Waals surface area contributed by atoms with Crippen LogP contribution in [0.15, 0.2) is 18.2 Å². The Bertz CT molecular complexity index is 536. The topological polar surface area (TPSA) is 38.3 Å². The molecule has 1 unspecified atom stereocenters.